The number of carbonyl (C=O) groups excluding carboxylic acids is 1. The van der Waals surface area contributed by atoms with Gasteiger partial charge in [0.1, 0.15) is 0 Å². The van der Waals surface area contributed by atoms with Gasteiger partial charge in [-0.05, 0) is 31.5 Å². The van der Waals surface area contributed by atoms with Crippen LogP contribution in [0.25, 0.3) is 0 Å². The molecule has 1 amide bonds. The van der Waals surface area contributed by atoms with Gasteiger partial charge in [0, 0.05) is 31.2 Å². The average molecular weight is 296 g/mol. The molecule has 0 saturated carbocycles. The second-order valence-electron chi connectivity index (χ2n) is 5.71. The van der Waals surface area contributed by atoms with Crippen LogP contribution in [0, 0.1) is 0 Å². The van der Waals surface area contributed by atoms with Crippen LogP contribution in [0.1, 0.15) is 25.8 Å². The third-order valence-corrected chi connectivity index (χ3v) is 3.64. The van der Waals surface area contributed by atoms with Gasteiger partial charge in [-0.2, -0.15) is 0 Å². The zero-order valence-electron chi connectivity index (χ0n) is 13.3. The molecule has 2 aromatic rings. The van der Waals surface area contributed by atoms with Crippen LogP contribution in [0.15, 0.2) is 60.7 Å². The van der Waals surface area contributed by atoms with Crippen LogP contribution in [-0.2, 0) is 11.3 Å². The molecule has 0 unspecified atom stereocenters. The number of nitrogens with zero attached hydrogens (tertiary/aromatic N) is 1. The van der Waals surface area contributed by atoms with Crippen molar-refractivity contribution in [1.29, 1.82) is 0 Å². The normalized spacial score (nSPS) is 10.9. The van der Waals surface area contributed by atoms with Gasteiger partial charge in [-0.25, -0.2) is 0 Å². The van der Waals surface area contributed by atoms with Crippen LogP contribution >= 0.6 is 0 Å². The highest BCUT2D eigenvalue weighted by molar-refractivity contribution is 5.90. The molecule has 2 aromatic carbocycles. The van der Waals surface area contributed by atoms with Crippen molar-refractivity contribution in [3.05, 3.63) is 66.2 Å². The minimum atomic E-state index is 0.0601. The van der Waals surface area contributed by atoms with Crippen molar-refractivity contribution in [2.75, 3.05) is 11.9 Å². The number of carbonyl (C=O) groups is 1. The SMILES string of the molecule is CC(C)N(CCC(=O)Nc1ccccc1)Cc1ccccc1. The lowest BCUT2D eigenvalue weighted by atomic mass is 10.2. The number of benzene rings is 2. The van der Waals surface area contributed by atoms with Gasteiger partial charge >= 0.3 is 0 Å². The molecule has 0 bridgehead atoms. The predicted octanol–water partition coefficient (Wildman–Crippen LogP) is 3.93. The fraction of sp³-hybridized carbons (Fsp3) is 0.316. The highest BCUT2D eigenvalue weighted by Gasteiger charge is 2.12. The first-order chi connectivity index (χ1) is 10.6. The Labute approximate surface area is 133 Å². The summed E-state index contributed by atoms with van der Waals surface area (Å²) in [6.45, 7) is 5.96. The van der Waals surface area contributed by atoms with E-state index in [9.17, 15) is 4.79 Å². The highest BCUT2D eigenvalue weighted by Crippen LogP contribution is 2.10. The molecule has 0 atom stereocenters. The molecule has 3 nitrogen and oxygen atoms in total. The maximum atomic E-state index is 12.1. The Morgan fingerprint density at radius 2 is 1.59 bits per heavy atom. The Bertz CT molecular complexity index is 567. The minimum Gasteiger partial charge on any atom is -0.326 e. The molecule has 0 heterocycles. The zero-order valence-corrected chi connectivity index (χ0v) is 13.3. The summed E-state index contributed by atoms with van der Waals surface area (Å²) in [5.41, 5.74) is 2.13. The number of nitrogens with one attached hydrogen (secondary N) is 1. The predicted molar refractivity (Wildman–Crippen MR) is 91.7 cm³/mol. The molecular formula is C19H24N2O. The molecule has 3 heteroatoms. The lowest BCUT2D eigenvalue weighted by Gasteiger charge is -2.26. The summed E-state index contributed by atoms with van der Waals surface area (Å²) in [6, 6.07) is 20.4. The van der Waals surface area contributed by atoms with E-state index in [0.29, 0.717) is 12.5 Å². The fourth-order valence-corrected chi connectivity index (χ4v) is 2.33. The Hall–Kier alpha value is -2.13. The molecule has 0 saturated heterocycles. The van der Waals surface area contributed by atoms with Crippen molar-refractivity contribution >= 4 is 11.6 Å². The monoisotopic (exact) mass is 296 g/mol. The molecule has 0 spiro atoms. The van der Waals surface area contributed by atoms with E-state index in [-0.39, 0.29) is 5.91 Å². The van der Waals surface area contributed by atoms with Gasteiger partial charge in [-0.3, -0.25) is 9.69 Å². The van der Waals surface area contributed by atoms with Gasteiger partial charge < -0.3 is 5.32 Å². The van der Waals surface area contributed by atoms with Gasteiger partial charge in [0.2, 0.25) is 5.91 Å². The first-order valence-electron chi connectivity index (χ1n) is 7.78. The second kappa shape index (κ2) is 8.35. The summed E-state index contributed by atoms with van der Waals surface area (Å²) in [5, 5.41) is 2.93. The number of hydrogen-bond donors (Lipinski definition) is 1. The Balaban J connectivity index is 1.85. The minimum absolute atomic E-state index is 0.0601. The van der Waals surface area contributed by atoms with Crippen LogP contribution in [0.2, 0.25) is 0 Å². The van der Waals surface area contributed by atoms with Crippen LogP contribution in [0.3, 0.4) is 0 Å². The molecule has 0 aliphatic carbocycles. The molecule has 0 aliphatic rings. The first-order valence-corrected chi connectivity index (χ1v) is 7.78. The Morgan fingerprint density at radius 3 is 2.18 bits per heavy atom. The van der Waals surface area contributed by atoms with Crippen LogP contribution < -0.4 is 5.32 Å². The number of amides is 1. The number of anilines is 1. The van der Waals surface area contributed by atoms with E-state index in [4.69, 9.17) is 0 Å². The summed E-state index contributed by atoms with van der Waals surface area (Å²) < 4.78 is 0. The summed E-state index contributed by atoms with van der Waals surface area (Å²) in [4.78, 5) is 14.4. The molecular weight excluding hydrogens is 272 g/mol. The summed E-state index contributed by atoms with van der Waals surface area (Å²) in [7, 11) is 0. The Morgan fingerprint density at radius 1 is 1.00 bits per heavy atom. The molecule has 22 heavy (non-hydrogen) atoms. The quantitative estimate of drug-likeness (QED) is 0.839. The Kier molecular flexibility index (Phi) is 6.16. The topological polar surface area (TPSA) is 32.3 Å². The van der Waals surface area contributed by atoms with Crippen LogP contribution in [0.5, 0.6) is 0 Å². The highest BCUT2D eigenvalue weighted by atomic mass is 16.1. The third-order valence-electron chi connectivity index (χ3n) is 3.64. The maximum absolute atomic E-state index is 12.1. The summed E-state index contributed by atoms with van der Waals surface area (Å²) in [5.74, 6) is 0.0601. The van der Waals surface area contributed by atoms with Crippen molar-refractivity contribution in [2.24, 2.45) is 0 Å². The molecule has 2 rings (SSSR count). The average Bonchev–Trinajstić information content (AvgIpc) is 2.53. The van der Waals surface area contributed by atoms with E-state index in [1.165, 1.54) is 5.56 Å². The van der Waals surface area contributed by atoms with Gasteiger partial charge in [0.15, 0.2) is 0 Å². The van der Waals surface area contributed by atoms with Crippen molar-refractivity contribution < 1.29 is 4.79 Å². The van der Waals surface area contributed by atoms with E-state index in [1.807, 2.05) is 36.4 Å². The second-order valence-corrected chi connectivity index (χ2v) is 5.71. The molecule has 0 fully saturated rings. The molecule has 0 aromatic heterocycles. The van der Waals surface area contributed by atoms with E-state index < -0.39 is 0 Å². The lowest BCUT2D eigenvalue weighted by Crippen LogP contribution is -2.33. The lowest BCUT2D eigenvalue weighted by molar-refractivity contribution is -0.116. The largest absolute Gasteiger partial charge is 0.326 e. The van der Waals surface area contributed by atoms with E-state index >= 15 is 0 Å². The van der Waals surface area contributed by atoms with Crippen molar-refractivity contribution in [3.63, 3.8) is 0 Å². The van der Waals surface area contributed by atoms with E-state index in [1.54, 1.807) is 0 Å². The smallest absolute Gasteiger partial charge is 0.225 e. The van der Waals surface area contributed by atoms with Crippen molar-refractivity contribution in [3.8, 4) is 0 Å². The summed E-state index contributed by atoms with van der Waals surface area (Å²) >= 11 is 0. The van der Waals surface area contributed by atoms with Crippen LogP contribution in [0.4, 0.5) is 5.69 Å². The van der Waals surface area contributed by atoms with Gasteiger partial charge in [-0.1, -0.05) is 48.5 Å². The molecule has 116 valence electrons. The van der Waals surface area contributed by atoms with E-state index in [0.717, 1.165) is 18.8 Å². The fourth-order valence-electron chi connectivity index (χ4n) is 2.33. The van der Waals surface area contributed by atoms with Crippen LogP contribution in [-0.4, -0.2) is 23.4 Å². The molecule has 0 aliphatic heterocycles. The molecule has 1 N–H and O–H groups in total. The number of para-hydroxylation sites is 1. The zero-order chi connectivity index (χ0) is 15.8. The van der Waals surface area contributed by atoms with Gasteiger partial charge in [0.05, 0.1) is 0 Å². The number of hydrogen-bond acceptors (Lipinski definition) is 2. The maximum Gasteiger partial charge on any atom is 0.225 e. The summed E-state index contributed by atoms with van der Waals surface area (Å²) in [6.07, 6.45) is 0.500. The number of rotatable bonds is 7. The van der Waals surface area contributed by atoms with Crippen molar-refractivity contribution in [1.82, 2.24) is 4.90 Å². The standard InChI is InChI=1S/C19H24N2O/c1-16(2)21(15-17-9-5-3-6-10-17)14-13-19(22)20-18-11-7-4-8-12-18/h3-12,16H,13-15H2,1-2H3,(H,20,22). The van der Waals surface area contributed by atoms with Gasteiger partial charge in [-0.15, -0.1) is 0 Å². The van der Waals surface area contributed by atoms with E-state index in [2.05, 4.69) is 48.3 Å². The van der Waals surface area contributed by atoms with Gasteiger partial charge in [0.25, 0.3) is 0 Å². The third kappa shape index (κ3) is 5.34. The molecule has 0 radical (unpaired) electrons. The van der Waals surface area contributed by atoms with Crippen molar-refractivity contribution in [2.45, 2.75) is 32.9 Å². The first kappa shape index (κ1) is 16.2.